The van der Waals surface area contributed by atoms with Crippen LogP contribution >= 0.6 is 0 Å². The molecule has 4 nitrogen and oxygen atoms in total. The normalized spacial score (nSPS) is 31.6. The lowest BCUT2D eigenvalue weighted by Gasteiger charge is -2.25. The third-order valence-corrected chi connectivity index (χ3v) is 2.32. The van der Waals surface area contributed by atoms with Crippen molar-refractivity contribution in [3.63, 3.8) is 0 Å². The summed E-state index contributed by atoms with van der Waals surface area (Å²) in [6.45, 7) is 4.51. The third-order valence-electron chi connectivity index (χ3n) is 2.32. The number of rotatable bonds is 4. The van der Waals surface area contributed by atoms with Crippen LogP contribution < -0.4 is 5.32 Å². The van der Waals surface area contributed by atoms with Crippen molar-refractivity contribution < 1.29 is 14.2 Å². The van der Waals surface area contributed by atoms with E-state index in [-0.39, 0.29) is 12.5 Å². The maximum atomic E-state index is 5.77. The largest absolute Gasteiger partial charge is 0.381 e. The minimum Gasteiger partial charge on any atom is -0.381 e. The molecule has 4 heteroatoms. The Morgan fingerprint density at radius 2 is 2.08 bits per heavy atom. The van der Waals surface area contributed by atoms with Gasteiger partial charge in [0.15, 0.2) is 0 Å². The third kappa shape index (κ3) is 3.23. The van der Waals surface area contributed by atoms with E-state index in [1.165, 1.54) is 0 Å². The first-order valence-corrected chi connectivity index (χ1v) is 4.95. The Kier molecular flexibility index (Phi) is 3.16. The van der Waals surface area contributed by atoms with Crippen molar-refractivity contribution in [2.45, 2.75) is 38.3 Å². The SMILES string of the molecule is CC(NC1CO1)OC1CCOCC1. The van der Waals surface area contributed by atoms with Crippen LogP contribution in [0.15, 0.2) is 0 Å². The van der Waals surface area contributed by atoms with E-state index in [9.17, 15) is 0 Å². The molecule has 0 spiro atoms. The van der Waals surface area contributed by atoms with Gasteiger partial charge in [0.2, 0.25) is 0 Å². The van der Waals surface area contributed by atoms with Gasteiger partial charge in [-0.25, -0.2) is 0 Å². The second-order valence-corrected chi connectivity index (χ2v) is 3.58. The van der Waals surface area contributed by atoms with Crippen LogP contribution in [0.1, 0.15) is 19.8 Å². The number of ether oxygens (including phenoxy) is 3. The lowest BCUT2D eigenvalue weighted by atomic mass is 10.1. The van der Waals surface area contributed by atoms with Crippen LogP contribution in [0, 0.1) is 0 Å². The molecular formula is C9H17NO3. The molecule has 2 fully saturated rings. The van der Waals surface area contributed by atoms with Crippen molar-refractivity contribution >= 4 is 0 Å². The molecule has 2 heterocycles. The molecule has 0 bridgehead atoms. The van der Waals surface area contributed by atoms with E-state index in [4.69, 9.17) is 14.2 Å². The van der Waals surface area contributed by atoms with Gasteiger partial charge in [-0.1, -0.05) is 0 Å². The molecule has 0 amide bonds. The summed E-state index contributed by atoms with van der Waals surface area (Å²) in [5.74, 6) is 0. The number of hydrogen-bond donors (Lipinski definition) is 1. The zero-order valence-corrected chi connectivity index (χ0v) is 7.99. The number of nitrogens with one attached hydrogen (secondary N) is 1. The Labute approximate surface area is 78.5 Å². The van der Waals surface area contributed by atoms with Gasteiger partial charge in [-0.2, -0.15) is 0 Å². The fourth-order valence-corrected chi connectivity index (χ4v) is 1.55. The summed E-state index contributed by atoms with van der Waals surface area (Å²) < 4.78 is 16.1. The quantitative estimate of drug-likeness (QED) is 0.513. The summed E-state index contributed by atoms with van der Waals surface area (Å²) >= 11 is 0. The van der Waals surface area contributed by atoms with Gasteiger partial charge in [-0.3, -0.25) is 5.32 Å². The summed E-state index contributed by atoms with van der Waals surface area (Å²) in [4.78, 5) is 0. The Balaban J connectivity index is 1.62. The van der Waals surface area contributed by atoms with E-state index >= 15 is 0 Å². The zero-order valence-electron chi connectivity index (χ0n) is 7.99. The van der Waals surface area contributed by atoms with Gasteiger partial charge >= 0.3 is 0 Å². The van der Waals surface area contributed by atoms with Crippen LogP contribution in [-0.2, 0) is 14.2 Å². The predicted molar refractivity (Wildman–Crippen MR) is 47.3 cm³/mol. The first-order chi connectivity index (χ1) is 6.34. The van der Waals surface area contributed by atoms with Gasteiger partial charge < -0.3 is 14.2 Å². The van der Waals surface area contributed by atoms with Crippen LogP contribution in [0.25, 0.3) is 0 Å². The molecule has 2 unspecified atom stereocenters. The maximum Gasteiger partial charge on any atom is 0.133 e. The highest BCUT2D eigenvalue weighted by Gasteiger charge is 2.25. The van der Waals surface area contributed by atoms with Crippen molar-refractivity contribution in [2.75, 3.05) is 19.8 Å². The van der Waals surface area contributed by atoms with Crippen molar-refractivity contribution in [3.05, 3.63) is 0 Å². The summed E-state index contributed by atoms with van der Waals surface area (Å²) in [6.07, 6.45) is 2.70. The molecule has 2 rings (SSSR count). The molecule has 0 radical (unpaired) electrons. The van der Waals surface area contributed by atoms with Gasteiger partial charge in [0.1, 0.15) is 12.5 Å². The Morgan fingerprint density at radius 1 is 1.38 bits per heavy atom. The first-order valence-electron chi connectivity index (χ1n) is 4.95. The van der Waals surface area contributed by atoms with E-state index in [0.717, 1.165) is 32.7 Å². The minimum absolute atomic E-state index is 0.0931. The molecule has 0 aromatic carbocycles. The van der Waals surface area contributed by atoms with E-state index < -0.39 is 0 Å². The molecule has 0 aromatic rings. The van der Waals surface area contributed by atoms with Crippen molar-refractivity contribution in [1.29, 1.82) is 0 Å². The molecule has 2 saturated heterocycles. The summed E-state index contributed by atoms with van der Waals surface area (Å²) in [7, 11) is 0. The topological polar surface area (TPSA) is 43.0 Å². The van der Waals surface area contributed by atoms with Gasteiger partial charge in [-0.05, 0) is 19.8 Å². The molecule has 0 aliphatic carbocycles. The summed E-state index contributed by atoms with van der Waals surface area (Å²) in [5.41, 5.74) is 0. The molecule has 13 heavy (non-hydrogen) atoms. The maximum absolute atomic E-state index is 5.77. The van der Waals surface area contributed by atoms with Gasteiger partial charge in [0, 0.05) is 13.2 Å². The molecular weight excluding hydrogens is 170 g/mol. The number of hydrogen-bond acceptors (Lipinski definition) is 4. The van der Waals surface area contributed by atoms with Crippen LogP contribution in [0.3, 0.4) is 0 Å². The van der Waals surface area contributed by atoms with E-state index in [1.807, 2.05) is 6.92 Å². The lowest BCUT2D eigenvalue weighted by Crippen LogP contribution is -2.36. The van der Waals surface area contributed by atoms with Gasteiger partial charge in [0.05, 0.1) is 12.7 Å². The second kappa shape index (κ2) is 4.37. The van der Waals surface area contributed by atoms with Crippen LogP contribution in [-0.4, -0.2) is 38.4 Å². The van der Waals surface area contributed by atoms with Crippen LogP contribution in [0.4, 0.5) is 0 Å². The van der Waals surface area contributed by atoms with E-state index in [0.29, 0.717) is 6.10 Å². The smallest absolute Gasteiger partial charge is 0.133 e. The fraction of sp³-hybridized carbons (Fsp3) is 1.00. The predicted octanol–water partition coefficient (Wildman–Crippen LogP) is 0.474. The highest BCUT2D eigenvalue weighted by atomic mass is 16.6. The van der Waals surface area contributed by atoms with Crippen LogP contribution in [0.2, 0.25) is 0 Å². The van der Waals surface area contributed by atoms with Gasteiger partial charge in [-0.15, -0.1) is 0 Å². The molecule has 2 atom stereocenters. The van der Waals surface area contributed by atoms with Crippen molar-refractivity contribution in [3.8, 4) is 0 Å². The Bertz CT molecular complexity index is 155. The molecule has 76 valence electrons. The molecule has 0 saturated carbocycles. The molecule has 2 aliphatic heterocycles. The zero-order chi connectivity index (χ0) is 9.10. The van der Waals surface area contributed by atoms with E-state index in [2.05, 4.69) is 5.32 Å². The summed E-state index contributed by atoms with van der Waals surface area (Å²) in [6, 6.07) is 0. The van der Waals surface area contributed by atoms with Crippen molar-refractivity contribution in [1.82, 2.24) is 5.32 Å². The molecule has 2 aliphatic rings. The molecule has 0 aromatic heterocycles. The lowest BCUT2D eigenvalue weighted by molar-refractivity contribution is -0.0754. The summed E-state index contributed by atoms with van der Waals surface area (Å²) in [5, 5.41) is 3.22. The van der Waals surface area contributed by atoms with Gasteiger partial charge in [0.25, 0.3) is 0 Å². The van der Waals surface area contributed by atoms with Crippen molar-refractivity contribution in [2.24, 2.45) is 0 Å². The molecule has 1 N–H and O–H groups in total. The highest BCUT2D eigenvalue weighted by Crippen LogP contribution is 2.13. The standard InChI is InChI=1S/C9H17NO3/c1-7(10-9-6-12-9)13-8-2-4-11-5-3-8/h7-10H,2-6H2,1H3. The Hall–Kier alpha value is -0.160. The second-order valence-electron chi connectivity index (χ2n) is 3.58. The highest BCUT2D eigenvalue weighted by molar-refractivity contribution is 4.69. The minimum atomic E-state index is 0.0931. The fourth-order valence-electron chi connectivity index (χ4n) is 1.55. The van der Waals surface area contributed by atoms with E-state index in [1.54, 1.807) is 0 Å². The average molecular weight is 187 g/mol. The van der Waals surface area contributed by atoms with Crippen LogP contribution in [0.5, 0.6) is 0 Å². The monoisotopic (exact) mass is 187 g/mol. The first kappa shape index (κ1) is 9.40. The number of epoxide rings is 1. The average Bonchev–Trinajstić information content (AvgIpc) is 2.90. The Morgan fingerprint density at radius 3 is 2.69 bits per heavy atom.